The maximum Gasteiger partial charge on any atom is 0.0566 e. The molecule has 0 aromatic heterocycles. The molecule has 0 atom stereocenters. The molecule has 3 nitrogen and oxygen atoms in total. The largest absolute Gasteiger partial charge is 0.313 e. The van der Waals surface area contributed by atoms with Crippen LogP contribution in [0.2, 0.25) is 0 Å². The van der Waals surface area contributed by atoms with Gasteiger partial charge in [0.2, 0.25) is 0 Å². The topological polar surface area (TPSA) is 27.3 Å². The fourth-order valence-electron chi connectivity index (χ4n) is 3.52. The summed E-state index contributed by atoms with van der Waals surface area (Å²) in [6, 6.07) is 9.35. The lowest BCUT2D eigenvalue weighted by molar-refractivity contribution is 0.241. The van der Waals surface area contributed by atoms with Crippen LogP contribution in [0.1, 0.15) is 17.5 Å². The zero-order valence-corrected chi connectivity index (χ0v) is 11.7. The Hall–Kier alpha value is -1.58. The summed E-state index contributed by atoms with van der Waals surface area (Å²) in [6.07, 6.45) is 7.96. The Balaban J connectivity index is 1.40. The first kappa shape index (κ1) is 12.2. The SMILES string of the molecule is C1=CN(NC2Cc3ccccc3C2)CC2=C1CCNC2. The first-order chi connectivity index (χ1) is 9.88. The third kappa shape index (κ3) is 2.28. The van der Waals surface area contributed by atoms with Crippen LogP contribution < -0.4 is 10.7 Å². The number of rotatable bonds is 2. The van der Waals surface area contributed by atoms with Crippen LogP contribution in [0.15, 0.2) is 47.7 Å². The van der Waals surface area contributed by atoms with Crippen LogP contribution in [0.5, 0.6) is 0 Å². The quantitative estimate of drug-likeness (QED) is 0.855. The Kier molecular flexibility index (Phi) is 3.09. The van der Waals surface area contributed by atoms with Gasteiger partial charge in [0, 0.05) is 18.8 Å². The van der Waals surface area contributed by atoms with Gasteiger partial charge in [0.05, 0.1) is 6.54 Å². The standard InChI is InChI=1S/C17H21N3/c1-2-4-15-10-17(9-14(15)3-1)19-20-8-6-13-5-7-18-11-16(13)12-20/h1-4,6,8,17-19H,5,7,9-12H2. The Bertz CT molecular complexity index is 548. The predicted octanol–water partition coefficient (Wildman–Crippen LogP) is 1.78. The Morgan fingerprint density at radius 2 is 1.95 bits per heavy atom. The molecule has 2 aliphatic heterocycles. The summed E-state index contributed by atoms with van der Waals surface area (Å²) in [6.45, 7) is 3.18. The summed E-state index contributed by atoms with van der Waals surface area (Å²) >= 11 is 0. The summed E-state index contributed by atoms with van der Waals surface area (Å²) in [4.78, 5) is 0. The minimum absolute atomic E-state index is 0.538. The Morgan fingerprint density at radius 1 is 1.15 bits per heavy atom. The molecule has 0 saturated carbocycles. The minimum Gasteiger partial charge on any atom is -0.313 e. The first-order valence-corrected chi connectivity index (χ1v) is 7.58. The van der Waals surface area contributed by atoms with Crippen molar-refractivity contribution in [1.82, 2.24) is 15.8 Å². The molecule has 1 aromatic carbocycles. The molecule has 0 amide bonds. The average Bonchev–Trinajstić information content (AvgIpc) is 2.89. The third-order valence-corrected chi connectivity index (χ3v) is 4.58. The molecule has 1 aromatic rings. The van der Waals surface area contributed by atoms with Crippen molar-refractivity contribution in [2.24, 2.45) is 0 Å². The van der Waals surface area contributed by atoms with Crippen LogP contribution in [-0.2, 0) is 12.8 Å². The molecule has 3 heteroatoms. The molecular weight excluding hydrogens is 246 g/mol. The van der Waals surface area contributed by atoms with E-state index in [2.05, 4.69) is 52.3 Å². The van der Waals surface area contributed by atoms with Crippen molar-refractivity contribution in [3.05, 3.63) is 58.8 Å². The van der Waals surface area contributed by atoms with Crippen LogP contribution >= 0.6 is 0 Å². The van der Waals surface area contributed by atoms with Gasteiger partial charge in [-0.1, -0.05) is 24.3 Å². The van der Waals surface area contributed by atoms with Gasteiger partial charge in [0.1, 0.15) is 0 Å². The molecule has 1 aliphatic carbocycles. The molecule has 3 aliphatic rings. The molecule has 4 rings (SSSR count). The zero-order valence-electron chi connectivity index (χ0n) is 11.7. The average molecular weight is 267 g/mol. The Labute approximate surface area is 120 Å². The number of hydrogen-bond donors (Lipinski definition) is 2. The van der Waals surface area contributed by atoms with Crippen LogP contribution in [0.4, 0.5) is 0 Å². The van der Waals surface area contributed by atoms with Crippen molar-refractivity contribution in [1.29, 1.82) is 0 Å². The second kappa shape index (κ2) is 5.08. The summed E-state index contributed by atoms with van der Waals surface area (Å²) in [7, 11) is 0. The maximum atomic E-state index is 3.68. The number of fused-ring (bicyclic) bond motifs is 1. The predicted molar refractivity (Wildman–Crippen MR) is 81.1 cm³/mol. The highest BCUT2D eigenvalue weighted by molar-refractivity contribution is 5.34. The number of benzene rings is 1. The highest BCUT2D eigenvalue weighted by atomic mass is 15.5. The normalized spacial score (nSPS) is 22.1. The minimum atomic E-state index is 0.538. The highest BCUT2D eigenvalue weighted by Crippen LogP contribution is 2.23. The van der Waals surface area contributed by atoms with Crippen LogP contribution in [-0.4, -0.2) is 30.7 Å². The van der Waals surface area contributed by atoms with Crippen molar-refractivity contribution >= 4 is 0 Å². The van der Waals surface area contributed by atoms with Gasteiger partial charge < -0.3 is 10.3 Å². The molecule has 104 valence electrons. The van der Waals surface area contributed by atoms with E-state index in [-0.39, 0.29) is 0 Å². The first-order valence-electron chi connectivity index (χ1n) is 7.58. The number of hydrazine groups is 1. The smallest absolute Gasteiger partial charge is 0.0566 e. The van der Waals surface area contributed by atoms with Crippen LogP contribution in [0.3, 0.4) is 0 Å². The summed E-state index contributed by atoms with van der Waals surface area (Å²) in [5, 5.41) is 5.73. The van der Waals surface area contributed by atoms with E-state index in [1.165, 1.54) is 23.1 Å². The van der Waals surface area contributed by atoms with E-state index in [0.717, 1.165) is 32.5 Å². The van der Waals surface area contributed by atoms with Gasteiger partial charge >= 0.3 is 0 Å². The van der Waals surface area contributed by atoms with E-state index < -0.39 is 0 Å². The van der Waals surface area contributed by atoms with Gasteiger partial charge in [-0.2, -0.15) is 0 Å². The van der Waals surface area contributed by atoms with Gasteiger partial charge in [-0.15, -0.1) is 0 Å². The lowest BCUT2D eigenvalue weighted by atomic mass is 9.99. The molecule has 2 N–H and O–H groups in total. The molecule has 2 heterocycles. The van der Waals surface area contributed by atoms with E-state index in [1.807, 2.05) is 0 Å². The van der Waals surface area contributed by atoms with E-state index in [1.54, 1.807) is 5.57 Å². The molecule has 0 unspecified atom stereocenters. The third-order valence-electron chi connectivity index (χ3n) is 4.58. The van der Waals surface area contributed by atoms with Gasteiger partial charge in [-0.25, -0.2) is 5.43 Å². The number of nitrogens with zero attached hydrogens (tertiary/aromatic N) is 1. The van der Waals surface area contributed by atoms with Gasteiger partial charge in [-0.05, 0) is 54.2 Å². The fourth-order valence-corrected chi connectivity index (χ4v) is 3.52. The van der Waals surface area contributed by atoms with Crippen LogP contribution in [0, 0.1) is 0 Å². The summed E-state index contributed by atoms with van der Waals surface area (Å²) < 4.78 is 0. The highest BCUT2D eigenvalue weighted by Gasteiger charge is 2.23. The lowest BCUT2D eigenvalue weighted by Gasteiger charge is -2.32. The van der Waals surface area contributed by atoms with E-state index in [0.29, 0.717) is 6.04 Å². The Morgan fingerprint density at radius 3 is 2.75 bits per heavy atom. The number of hydrogen-bond acceptors (Lipinski definition) is 3. The molecule has 0 bridgehead atoms. The van der Waals surface area contributed by atoms with E-state index in [4.69, 9.17) is 0 Å². The molecule has 0 radical (unpaired) electrons. The molecule has 20 heavy (non-hydrogen) atoms. The van der Waals surface area contributed by atoms with Crippen LogP contribution in [0.25, 0.3) is 0 Å². The lowest BCUT2D eigenvalue weighted by Crippen LogP contribution is -2.45. The van der Waals surface area contributed by atoms with Gasteiger partial charge in [0.25, 0.3) is 0 Å². The number of allylic oxidation sites excluding steroid dienone is 1. The van der Waals surface area contributed by atoms with Gasteiger partial charge in [-0.3, -0.25) is 0 Å². The van der Waals surface area contributed by atoms with Crippen molar-refractivity contribution in [3.63, 3.8) is 0 Å². The fraction of sp³-hybridized carbons (Fsp3) is 0.412. The van der Waals surface area contributed by atoms with Crippen molar-refractivity contribution in [3.8, 4) is 0 Å². The maximum absolute atomic E-state index is 3.68. The number of nitrogens with one attached hydrogen (secondary N) is 2. The van der Waals surface area contributed by atoms with Crippen molar-refractivity contribution < 1.29 is 0 Å². The van der Waals surface area contributed by atoms with E-state index in [9.17, 15) is 0 Å². The molecule has 0 spiro atoms. The summed E-state index contributed by atoms with van der Waals surface area (Å²) in [5.74, 6) is 0. The second-order valence-corrected chi connectivity index (χ2v) is 6.00. The molecule has 0 fully saturated rings. The molecular formula is C17H21N3. The van der Waals surface area contributed by atoms with Crippen molar-refractivity contribution in [2.45, 2.75) is 25.3 Å². The van der Waals surface area contributed by atoms with E-state index >= 15 is 0 Å². The zero-order chi connectivity index (χ0) is 13.4. The monoisotopic (exact) mass is 267 g/mol. The van der Waals surface area contributed by atoms with Crippen molar-refractivity contribution in [2.75, 3.05) is 19.6 Å². The second-order valence-electron chi connectivity index (χ2n) is 6.00. The van der Waals surface area contributed by atoms with Gasteiger partial charge in [0.15, 0.2) is 0 Å². The molecule has 0 saturated heterocycles. The summed E-state index contributed by atoms with van der Waals surface area (Å²) in [5.41, 5.74) is 9.77.